The van der Waals surface area contributed by atoms with E-state index in [-0.39, 0.29) is 25.2 Å². The number of hydrogen-bond donors (Lipinski definition) is 4. The van der Waals surface area contributed by atoms with Gasteiger partial charge in [-0.1, -0.05) is 33.6 Å². The van der Waals surface area contributed by atoms with Gasteiger partial charge in [0.15, 0.2) is 0 Å². The molecule has 0 saturated heterocycles. The molecule has 0 aliphatic rings. The fraction of sp³-hybridized carbons (Fsp3) is 0.929. The number of aliphatic hydroxyl groups excluding tert-OH is 3. The average molecular weight is 278 g/mol. The van der Waals surface area contributed by atoms with Gasteiger partial charge in [-0.2, -0.15) is 0 Å². The zero-order chi connectivity index (χ0) is 15.5. The van der Waals surface area contributed by atoms with E-state index in [0.29, 0.717) is 6.42 Å². The first-order chi connectivity index (χ1) is 8.75. The van der Waals surface area contributed by atoms with Crippen molar-refractivity contribution in [3.63, 3.8) is 0 Å². The van der Waals surface area contributed by atoms with Gasteiger partial charge in [-0.3, -0.25) is 4.79 Å². The smallest absolute Gasteiger partial charge is 0.311 e. The third-order valence-electron chi connectivity index (χ3n) is 3.28. The Morgan fingerprint density at radius 1 is 0.895 bits per heavy atom. The molecule has 0 rings (SSSR count). The Bertz CT molecular complexity index is 238. The Morgan fingerprint density at radius 2 is 1.32 bits per heavy atom. The number of aliphatic hydroxyl groups is 3. The van der Waals surface area contributed by atoms with Gasteiger partial charge in [0.2, 0.25) is 0 Å². The predicted molar refractivity (Wildman–Crippen MR) is 74.9 cm³/mol. The maximum atomic E-state index is 10.5. The monoisotopic (exact) mass is 278 g/mol. The van der Waals surface area contributed by atoms with Crippen molar-refractivity contribution < 1.29 is 25.2 Å². The average Bonchev–Trinajstić information content (AvgIpc) is 2.39. The van der Waals surface area contributed by atoms with Crippen LogP contribution in [0.5, 0.6) is 0 Å². The van der Waals surface area contributed by atoms with Gasteiger partial charge in [0.05, 0.1) is 25.2 Å². The summed E-state index contributed by atoms with van der Waals surface area (Å²) in [5.74, 6) is -0.920. The number of carboxylic acid groups (broad SMARTS) is 1. The molecule has 0 aromatic carbocycles. The number of rotatable bonds is 8. The summed E-state index contributed by atoms with van der Waals surface area (Å²) in [4.78, 5) is 10.5. The highest BCUT2D eigenvalue weighted by Gasteiger charge is 2.30. The molecule has 0 aliphatic carbocycles. The SMILES string of the molecule is CCCC(C)(CO)C(=O)O.CCCC(C)(CO)CO. The van der Waals surface area contributed by atoms with Crippen LogP contribution in [0.4, 0.5) is 0 Å². The van der Waals surface area contributed by atoms with Crippen molar-refractivity contribution in [3.05, 3.63) is 0 Å². The van der Waals surface area contributed by atoms with E-state index >= 15 is 0 Å². The molecular weight excluding hydrogens is 248 g/mol. The second-order valence-electron chi connectivity index (χ2n) is 5.65. The van der Waals surface area contributed by atoms with E-state index in [1.165, 1.54) is 0 Å². The van der Waals surface area contributed by atoms with Crippen LogP contribution in [-0.4, -0.2) is 46.2 Å². The Labute approximate surface area is 116 Å². The third kappa shape index (κ3) is 8.18. The first-order valence-corrected chi connectivity index (χ1v) is 6.81. The van der Waals surface area contributed by atoms with E-state index in [0.717, 1.165) is 19.3 Å². The molecule has 0 aromatic heterocycles. The highest BCUT2D eigenvalue weighted by molar-refractivity contribution is 5.74. The Morgan fingerprint density at radius 3 is 1.42 bits per heavy atom. The topological polar surface area (TPSA) is 98.0 Å². The minimum Gasteiger partial charge on any atom is -0.481 e. The number of aliphatic carboxylic acids is 1. The van der Waals surface area contributed by atoms with Gasteiger partial charge in [-0.15, -0.1) is 0 Å². The normalized spacial score (nSPS) is 14.3. The maximum absolute atomic E-state index is 10.5. The Hall–Kier alpha value is -0.650. The van der Waals surface area contributed by atoms with Crippen LogP contribution in [0.25, 0.3) is 0 Å². The van der Waals surface area contributed by atoms with Crippen LogP contribution in [0, 0.1) is 10.8 Å². The third-order valence-corrected chi connectivity index (χ3v) is 3.28. The van der Waals surface area contributed by atoms with Gasteiger partial charge in [0, 0.05) is 5.41 Å². The van der Waals surface area contributed by atoms with Crippen molar-refractivity contribution in [2.45, 2.75) is 53.4 Å². The van der Waals surface area contributed by atoms with Crippen LogP contribution >= 0.6 is 0 Å². The van der Waals surface area contributed by atoms with E-state index < -0.39 is 11.4 Å². The van der Waals surface area contributed by atoms with Crippen molar-refractivity contribution in [3.8, 4) is 0 Å². The molecule has 116 valence electrons. The predicted octanol–water partition coefficient (Wildman–Crippen LogP) is 1.65. The molecule has 0 aliphatic heterocycles. The molecular formula is C14H30O5. The zero-order valence-corrected chi connectivity index (χ0v) is 12.6. The lowest BCUT2D eigenvalue weighted by molar-refractivity contribution is -0.150. The summed E-state index contributed by atoms with van der Waals surface area (Å²) in [6, 6.07) is 0. The summed E-state index contributed by atoms with van der Waals surface area (Å²) >= 11 is 0. The molecule has 0 fully saturated rings. The zero-order valence-electron chi connectivity index (χ0n) is 12.6. The van der Waals surface area contributed by atoms with Crippen molar-refractivity contribution in [2.24, 2.45) is 10.8 Å². The summed E-state index contributed by atoms with van der Waals surface area (Å²) in [5, 5.41) is 34.8. The molecule has 5 nitrogen and oxygen atoms in total. The second-order valence-corrected chi connectivity index (χ2v) is 5.65. The maximum Gasteiger partial charge on any atom is 0.311 e. The number of carboxylic acids is 1. The van der Waals surface area contributed by atoms with E-state index in [4.69, 9.17) is 20.4 Å². The van der Waals surface area contributed by atoms with Gasteiger partial charge in [0.25, 0.3) is 0 Å². The number of hydrogen-bond acceptors (Lipinski definition) is 4. The van der Waals surface area contributed by atoms with Crippen LogP contribution in [0.15, 0.2) is 0 Å². The molecule has 0 aromatic rings. The largest absolute Gasteiger partial charge is 0.481 e. The quantitative estimate of drug-likeness (QED) is 0.541. The molecule has 5 heteroatoms. The fourth-order valence-electron chi connectivity index (χ4n) is 1.62. The molecule has 0 spiro atoms. The molecule has 1 atom stereocenters. The standard InChI is InChI=1S/C7H14O3.C7H16O2/c1-3-4-7(2,5-8)6(9)10;1-3-4-7(2,5-8)6-9/h8H,3-5H2,1-2H3,(H,9,10);8-9H,3-6H2,1-2H3. The second kappa shape index (κ2) is 10.2. The van der Waals surface area contributed by atoms with Crippen LogP contribution in [-0.2, 0) is 4.79 Å². The summed E-state index contributed by atoms with van der Waals surface area (Å²) in [5.41, 5.74) is -1.19. The van der Waals surface area contributed by atoms with Gasteiger partial charge in [-0.25, -0.2) is 0 Å². The van der Waals surface area contributed by atoms with Crippen LogP contribution in [0.1, 0.15) is 53.4 Å². The highest BCUT2D eigenvalue weighted by atomic mass is 16.4. The Kier molecular flexibility index (Phi) is 11.1. The molecule has 0 radical (unpaired) electrons. The van der Waals surface area contributed by atoms with Crippen molar-refractivity contribution >= 4 is 5.97 Å². The Balaban J connectivity index is 0. The molecule has 19 heavy (non-hydrogen) atoms. The highest BCUT2D eigenvalue weighted by Crippen LogP contribution is 2.22. The van der Waals surface area contributed by atoms with Gasteiger partial charge in [0.1, 0.15) is 0 Å². The molecule has 0 amide bonds. The van der Waals surface area contributed by atoms with Crippen molar-refractivity contribution in [1.82, 2.24) is 0 Å². The number of carbonyl (C=O) groups is 1. The van der Waals surface area contributed by atoms with E-state index in [9.17, 15) is 4.79 Å². The van der Waals surface area contributed by atoms with Crippen molar-refractivity contribution in [1.29, 1.82) is 0 Å². The summed E-state index contributed by atoms with van der Waals surface area (Å²) in [7, 11) is 0. The van der Waals surface area contributed by atoms with E-state index in [1.807, 2.05) is 20.8 Å². The summed E-state index contributed by atoms with van der Waals surface area (Å²) < 4.78 is 0. The molecule has 0 heterocycles. The molecule has 0 bridgehead atoms. The minimum atomic E-state index is -0.936. The minimum absolute atomic E-state index is 0.0807. The first kappa shape index (κ1) is 20.7. The van der Waals surface area contributed by atoms with Gasteiger partial charge >= 0.3 is 5.97 Å². The van der Waals surface area contributed by atoms with Crippen LogP contribution < -0.4 is 0 Å². The van der Waals surface area contributed by atoms with Gasteiger partial charge in [-0.05, 0) is 19.8 Å². The summed E-state index contributed by atoms with van der Waals surface area (Å²) in [6.07, 6.45) is 3.21. The molecule has 1 unspecified atom stereocenters. The van der Waals surface area contributed by atoms with E-state index in [2.05, 4.69) is 0 Å². The first-order valence-electron chi connectivity index (χ1n) is 6.81. The molecule has 0 saturated carbocycles. The van der Waals surface area contributed by atoms with E-state index in [1.54, 1.807) is 6.92 Å². The summed E-state index contributed by atoms with van der Waals surface area (Å²) in [6.45, 7) is 7.26. The lowest BCUT2D eigenvalue weighted by Crippen LogP contribution is -2.31. The van der Waals surface area contributed by atoms with Crippen LogP contribution in [0.2, 0.25) is 0 Å². The molecule has 4 N–H and O–H groups in total. The van der Waals surface area contributed by atoms with Gasteiger partial charge < -0.3 is 20.4 Å². The lowest BCUT2D eigenvalue weighted by Gasteiger charge is -2.23. The lowest BCUT2D eigenvalue weighted by atomic mass is 9.87. The van der Waals surface area contributed by atoms with Crippen LogP contribution in [0.3, 0.4) is 0 Å². The van der Waals surface area contributed by atoms with Crippen molar-refractivity contribution in [2.75, 3.05) is 19.8 Å². The fourth-order valence-corrected chi connectivity index (χ4v) is 1.62.